The SMILES string of the molecule is O=S(=O)(c1ccc(CN(Cc2ccccc2)Cc2ccccc2)cc1)C(F)F. The maximum atomic E-state index is 12.7. The van der Waals surface area contributed by atoms with Gasteiger partial charge in [0.05, 0.1) is 4.90 Å². The molecule has 0 saturated carbocycles. The van der Waals surface area contributed by atoms with Crippen molar-refractivity contribution in [3.63, 3.8) is 0 Å². The second kappa shape index (κ2) is 9.08. The van der Waals surface area contributed by atoms with Gasteiger partial charge in [0.25, 0.3) is 0 Å². The first-order valence-electron chi connectivity index (χ1n) is 8.86. The van der Waals surface area contributed by atoms with Crippen LogP contribution in [0.5, 0.6) is 0 Å². The van der Waals surface area contributed by atoms with Crippen molar-refractivity contribution in [2.75, 3.05) is 0 Å². The van der Waals surface area contributed by atoms with Crippen molar-refractivity contribution < 1.29 is 17.2 Å². The van der Waals surface area contributed by atoms with E-state index in [0.29, 0.717) is 19.6 Å². The number of sulfone groups is 1. The molecule has 3 aromatic carbocycles. The third kappa shape index (κ3) is 5.24. The number of rotatable bonds is 8. The Labute approximate surface area is 164 Å². The molecular weight excluding hydrogens is 380 g/mol. The number of benzene rings is 3. The van der Waals surface area contributed by atoms with Gasteiger partial charge in [-0.2, -0.15) is 8.78 Å². The fourth-order valence-electron chi connectivity index (χ4n) is 3.00. The van der Waals surface area contributed by atoms with E-state index in [2.05, 4.69) is 29.2 Å². The van der Waals surface area contributed by atoms with Gasteiger partial charge in [0.15, 0.2) is 0 Å². The van der Waals surface area contributed by atoms with Crippen LogP contribution in [0.25, 0.3) is 0 Å². The lowest BCUT2D eigenvalue weighted by Crippen LogP contribution is -2.22. The molecule has 0 amide bonds. The summed E-state index contributed by atoms with van der Waals surface area (Å²) in [5.41, 5.74) is 3.19. The molecule has 0 N–H and O–H groups in total. The smallest absolute Gasteiger partial charge is 0.291 e. The molecule has 28 heavy (non-hydrogen) atoms. The van der Waals surface area contributed by atoms with Gasteiger partial charge >= 0.3 is 5.76 Å². The number of halogens is 2. The van der Waals surface area contributed by atoms with Gasteiger partial charge < -0.3 is 0 Å². The first-order valence-corrected chi connectivity index (χ1v) is 10.4. The average Bonchev–Trinajstić information content (AvgIpc) is 2.70. The summed E-state index contributed by atoms with van der Waals surface area (Å²) in [5.74, 6) is -3.41. The Morgan fingerprint density at radius 3 is 1.43 bits per heavy atom. The summed E-state index contributed by atoms with van der Waals surface area (Å²) in [4.78, 5) is 1.87. The summed E-state index contributed by atoms with van der Waals surface area (Å²) in [6.45, 7) is 2.00. The van der Waals surface area contributed by atoms with Gasteiger partial charge in [-0.25, -0.2) is 8.42 Å². The zero-order valence-corrected chi connectivity index (χ0v) is 16.0. The minimum Gasteiger partial charge on any atom is -0.291 e. The van der Waals surface area contributed by atoms with E-state index in [4.69, 9.17) is 0 Å². The van der Waals surface area contributed by atoms with Crippen LogP contribution >= 0.6 is 0 Å². The van der Waals surface area contributed by atoms with E-state index in [1.54, 1.807) is 12.1 Å². The second-order valence-electron chi connectivity index (χ2n) is 6.57. The van der Waals surface area contributed by atoms with E-state index in [0.717, 1.165) is 16.7 Å². The van der Waals surface area contributed by atoms with Gasteiger partial charge in [-0.1, -0.05) is 72.8 Å². The molecule has 3 rings (SSSR count). The highest BCUT2D eigenvalue weighted by Gasteiger charge is 2.26. The summed E-state index contributed by atoms with van der Waals surface area (Å²) >= 11 is 0. The molecule has 0 heterocycles. The van der Waals surface area contributed by atoms with E-state index in [9.17, 15) is 17.2 Å². The molecule has 6 heteroatoms. The summed E-state index contributed by atoms with van der Waals surface area (Å²) in [6, 6.07) is 25.8. The molecule has 0 atom stereocenters. The molecular formula is C22H21F2NO2S. The largest absolute Gasteiger partial charge is 0.341 e. The molecule has 0 spiro atoms. The Kier molecular flexibility index (Phi) is 6.54. The maximum absolute atomic E-state index is 12.7. The lowest BCUT2D eigenvalue weighted by molar-refractivity contribution is 0.234. The minimum atomic E-state index is -4.57. The van der Waals surface area contributed by atoms with Crippen LogP contribution in [0.15, 0.2) is 89.8 Å². The number of hydrogen-bond acceptors (Lipinski definition) is 3. The molecule has 0 aliphatic carbocycles. The topological polar surface area (TPSA) is 37.4 Å². The highest BCUT2D eigenvalue weighted by molar-refractivity contribution is 7.91. The molecule has 0 bridgehead atoms. The molecule has 146 valence electrons. The van der Waals surface area contributed by atoms with Gasteiger partial charge in [-0.3, -0.25) is 4.90 Å². The summed E-state index contributed by atoms with van der Waals surface area (Å²) in [7, 11) is -4.57. The zero-order chi connectivity index (χ0) is 20.0. The maximum Gasteiger partial charge on any atom is 0.341 e. The molecule has 3 nitrogen and oxygen atoms in total. The van der Waals surface area contributed by atoms with Crippen molar-refractivity contribution >= 4 is 9.84 Å². The Bertz CT molecular complexity index is 935. The van der Waals surface area contributed by atoms with Crippen LogP contribution in [0.1, 0.15) is 16.7 Å². The second-order valence-corrected chi connectivity index (χ2v) is 8.48. The third-order valence-corrected chi connectivity index (χ3v) is 5.79. The fraction of sp³-hybridized carbons (Fsp3) is 0.182. The van der Waals surface area contributed by atoms with Crippen LogP contribution < -0.4 is 0 Å². The van der Waals surface area contributed by atoms with Gasteiger partial charge in [-0.15, -0.1) is 0 Å². The first-order chi connectivity index (χ1) is 13.4. The van der Waals surface area contributed by atoms with Crippen molar-refractivity contribution in [1.82, 2.24) is 4.90 Å². The predicted molar refractivity (Wildman–Crippen MR) is 105 cm³/mol. The molecule has 0 fully saturated rings. The highest BCUT2D eigenvalue weighted by atomic mass is 32.2. The Morgan fingerprint density at radius 1 is 0.643 bits per heavy atom. The van der Waals surface area contributed by atoms with Gasteiger partial charge in [0.2, 0.25) is 9.84 Å². The van der Waals surface area contributed by atoms with E-state index in [1.807, 2.05) is 36.4 Å². The van der Waals surface area contributed by atoms with E-state index in [1.165, 1.54) is 12.1 Å². The molecule has 0 radical (unpaired) electrons. The van der Waals surface area contributed by atoms with Crippen LogP contribution in [-0.2, 0) is 29.5 Å². The molecule has 0 aliphatic heterocycles. The minimum absolute atomic E-state index is 0.357. The van der Waals surface area contributed by atoms with Gasteiger partial charge in [-0.05, 0) is 28.8 Å². The molecule has 0 aliphatic rings. The van der Waals surface area contributed by atoms with Gasteiger partial charge in [0, 0.05) is 19.6 Å². The fourth-order valence-corrected chi connectivity index (χ4v) is 3.72. The van der Waals surface area contributed by atoms with E-state index in [-0.39, 0.29) is 4.90 Å². The van der Waals surface area contributed by atoms with E-state index < -0.39 is 15.6 Å². The average molecular weight is 401 g/mol. The molecule has 0 saturated heterocycles. The Hall–Kier alpha value is -2.57. The molecule has 0 unspecified atom stereocenters. The molecule has 3 aromatic rings. The normalized spacial score (nSPS) is 11.9. The number of alkyl halides is 2. The first kappa shape index (κ1) is 20.2. The van der Waals surface area contributed by atoms with Crippen LogP contribution in [0.4, 0.5) is 8.78 Å². The summed E-state index contributed by atoms with van der Waals surface area (Å²) in [5, 5.41) is 0. The van der Waals surface area contributed by atoms with Crippen molar-refractivity contribution in [2.24, 2.45) is 0 Å². The quantitative estimate of drug-likeness (QED) is 0.540. The lowest BCUT2D eigenvalue weighted by Gasteiger charge is -2.23. The Balaban J connectivity index is 1.78. The third-order valence-electron chi connectivity index (χ3n) is 4.39. The summed E-state index contributed by atoms with van der Waals surface area (Å²) < 4.78 is 48.6. The number of hydrogen-bond donors (Lipinski definition) is 0. The van der Waals surface area contributed by atoms with Crippen molar-refractivity contribution in [3.8, 4) is 0 Å². The Morgan fingerprint density at radius 2 is 1.04 bits per heavy atom. The van der Waals surface area contributed by atoms with E-state index >= 15 is 0 Å². The zero-order valence-electron chi connectivity index (χ0n) is 15.2. The van der Waals surface area contributed by atoms with Gasteiger partial charge in [0.1, 0.15) is 0 Å². The predicted octanol–water partition coefficient (Wildman–Crippen LogP) is 4.89. The lowest BCUT2D eigenvalue weighted by atomic mass is 10.1. The van der Waals surface area contributed by atoms with Crippen molar-refractivity contribution in [2.45, 2.75) is 30.3 Å². The monoisotopic (exact) mass is 401 g/mol. The number of nitrogens with zero attached hydrogens (tertiary/aromatic N) is 1. The van der Waals surface area contributed by atoms with Crippen molar-refractivity contribution in [1.29, 1.82) is 0 Å². The van der Waals surface area contributed by atoms with Crippen LogP contribution in [0.2, 0.25) is 0 Å². The molecule has 0 aromatic heterocycles. The van der Waals surface area contributed by atoms with Crippen molar-refractivity contribution in [3.05, 3.63) is 102 Å². The highest BCUT2D eigenvalue weighted by Crippen LogP contribution is 2.20. The standard InChI is InChI=1S/C22H21F2NO2S/c23-22(24)28(26,27)21-13-11-20(12-14-21)17-25(15-18-7-3-1-4-8-18)16-19-9-5-2-6-10-19/h1-14,22H,15-17H2. The summed E-state index contributed by atoms with van der Waals surface area (Å²) in [6.07, 6.45) is 0. The van der Waals surface area contributed by atoms with Crippen LogP contribution in [0.3, 0.4) is 0 Å². The van der Waals surface area contributed by atoms with Crippen LogP contribution in [-0.4, -0.2) is 19.1 Å². The van der Waals surface area contributed by atoms with Crippen LogP contribution in [0, 0.1) is 0 Å².